The van der Waals surface area contributed by atoms with E-state index in [0.29, 0.717) is 30.4 Å². The molecule has 0 unspecified atom stereocenters. The molecule has 25 heavy (non-hydrogen) atoms. The van der Waals surface area contributed by atoms with Gasteiger partial charge in [0, 0.05) is 30.4 Å². The van der Waals surface area contributed by atoms with Gasteiger partial charge in [-0.1, -0.05) is 6.07 Å². The number of nitrogens with one attached hydrogen (secondary N) is 3. The first-order valence-corrected chi connectivity index (χ1v) is 7.56. The molecule has 0 saturated heterocycles. The first-order valence-electron chi connectivity index (χ1n) is 7.56. The summed E-state index contributed by atoms with van der Waals surface area (Å²) in [7, 11) is 0. The lowest BCUT2D eigenvalue weighted by Crippen LogP contribution is -2.17. The van der Waals surface area contributed by atoms with Crippen LogP contribution in [0.4, 0.5) is 36.2 Å². The van der Waals surface area contributed by atoms with E-state index in [9.17, 15) is 13.2 Å². The second-order valence-electron chi connectivity index (χ2n) is 5.35. The number of aliphatic hydroxyl groups excluding tert-OH is 1. The molecule has 1 aromatic carbocycles. The molecule has 0 atom stereocenters. The largest absolute Gasteiger partial charge is 0.416 e. The monoisotopic (exact) mass is 351 g/mol. The van der Waals surface area contributed by atoms with Crippen LogP contribution in [-0.2, 0) is 12.7 Å². The van der Waals surface area contributed by atoms with Crippen LogP contribution < -0.4 is 16.0 Å². The van der Waals surface area contributed by atoms with Crippen molar-refractivity contribution >= 4 is 29.3 Å². The number of rotatable bonds is 5. The predicted molar refractivity (Wildman–Crippen MR) is 89.5 cm³/mol. The van der Waals surface area contributed by atoms with Gasteiger partial charge in [-0.3, -0.25) is 0 Å². The van der Waals surface area contributed by atoms with Gasteiger partial charge in [-0.2, -0.15) is 13.2 Å². The quantitative estimate of drug-likeness (QED) is 0.666. The van der Waals surface area contributed by atoms with Crippen molar-refractivity contribution in [3.8, 4) is 0 Å². The first-order chi connectivity index (χ1) is 12.0. The highest BCUT2D eigenvalue weighted by Gasteiger charge is 2.30. The van der Waals surface area contributed by atoms with Crippen LogP contribution in [0.25, 0.3) is 0 Å². The molecule has 1 aliphatic rings. The summed E-state index contributed by atoms with van der Waals surface area (Å²) >= 11 is 0. The number of alkyl halides is 3. The minimum absolute atomic E-state index is 0.0695. The summed E-state index contributed by atoms with van der Waals surface area (Å²) < 4.78 is 38.6. The smallest absolute Gasteiger partial charge is 0.395 e. The van der Waals surface area contributed by atoms with Gasteiger partial charge in [-0.15, -0.1) is 0 Å². The van der Waals surface area contributed by atoms with E-state index in [-0.39, 0.29) is 12.3 Å². The zero-order valence-electron chi connectivity index (χ0n) is 13.1. The second kappa shape index (κ2) is 6.98. The average Bonchev–Trinajstić information content (AvgIpc) is 2.59. The SMILES string of the molecule is OCCNc1cc2c(c(Nc3cccc(C(F)(F)F)c3)n1)CNC=N2. The van der Waals surface area contributed by atoms with Crippen LogP contribution in [0.15, 0.2) is 35.3 Å². The molecule has 3 rings (SSSR count). The van der Waals surface area contributed by atoms with Crippen molar-refractivity contribution < 1.29 is 18.3 Å². The third-order valence-electron chi connectivity index (χ3n) is 3.55. The van der Waals surface area contributed by atoms with Crippen molar-refractivity contribution in [1.82, 2.24) is 10.3 Å². The number of aliphatic imine (C=N–C) groups is 1. The van der Waals surface area contributed by atoms with Gasteiger partial charge in [0.05, 0.1) is 24.2 Å². The molecular weight excluding hydrogens is 335 g/mol. The Morgan fingerprint density at radius 3 is 2.84 bits per heavy atom. The van der Waals surface area contributed by atoms with Crippen molar-refractivity contribution in [2.75, 3.05) is 23.8 Å². The maximum atomic E-state index is 12.9. The van der Waals surface area contributed by atoms with Crippen molar-refractivity contribution in [2.45, 2.75) is 12.7 Å². The Balaban J connectivity index is 1.95. The summed E-state index contributed by atoms with van der Waals surface area (Å²) in [6.45, 7) is 0.685. The number of hydrogen-bond acceptors (Lipinski definition) is 6. The first kappa shape index (κ1) is 17.0. The summed E-state index contributed by atoms with van der Waals surface area (Å²) in [6.07, 6.45) is -2.87. The summed E-state index contributed by atoms with van der Waals surface area (Å²) in [5.41, 5.74) is 0.939. The molecule has 2 heterocycles. The van der Waals surface area contributed by atoms with Crippen molar-refractivity contribution in [3.63, 3.8) is 0 Å². The van der Waals surface area contributed by atoms with E-state index in [2.05, 4.69) is 25.9 Å². The molecular formula is C16H16F3N5O. The molecule has 0 saturated carbocycles. The van der Waals surface area contributed by atoms with Crippen LogP contribution in [0.1, 0.15) is 11.1 Å². The summed E-state index contributed by atoms with van der Waals surface area (Å²) in [6, 6.07) is 6.64. The zero-order valence-corrected chi connectivity index (χ0v) is 13.1. The van der Waals surface area contributed by atoms with Gasteiger partial charge < -0.3 is 21.1 Å². The molecule has 0 bridgehead atoms. The molecule has 9 heteroatoms. The Hall–Kier alpha value is -2.81. The molecule has 4 N–H and O–H groups in total. The van der Waals surface area contributed by atoms with Gasteiger partial charge in [0.25, 0.3) is 0 Å². The van der Waals surface area contributed by atoms with Crippen LogP contribution in [0.5, 0.6) is 0 Å². The van der Waals surface area contributed by atoms with Gasteiger partial charge in [0.2, 0.25) is 0 Å². The number of aromatic nitrogens is 1. The number of fused-ring (bicyclic) bond motifs is 1. The summed E-state index contributed by atoms with van der Waals surface area (Å²) in [5, 5.41) is 17.7. The van der Waals surface area contributed by atoms with Crippen molar-refractivity contribution in [3.05, 3.63) is 41.5 Å². The highest BCUT2D eigenvalue weighted by atomic mass is 19.4. The highest BCUT2D eigenvalue weighted by molar-refractivity contribution is 5.75. The van der Waals surface area contributed by atoms with Crippen molar-refractivity contribution in [2.24, 2.45) is 4.99 Å². The number of nitrogens with zero attached hydrogens (tertiary/aromatic N) is 2. The summed E-state index contributed by atoms with van der Waals surface area (Å²) in [5.74, 6) is 0.878. The number of anilines is 3. The van der Waals surface area contributed by atoms with Crippen LogP contribution in [-0.4, -0.2) is 29.6 Å². The Kier molecular flexibility index (Phi) is 4.75. The van der Waals surface area contributed by atoms with Crippen LogP contribution in [0.3, 0.4) is 0 Å². The zero-order chi connectivity index (χ0) is 17.9. The van der Waals surface area contributed by atoms with E-state index in [4.69, 9.17) is 5.11 Å². The Bertz CT molecular complexity index is 792. The number of pyridine rings is 1. The number of benzene rings is 1. The van der Waals surface area contributed by atoms with E-state index >= 15 is 0 Å². The van der Waals surface area contributed by atoms with Crippen LogP contribution in [0, 0.1) is 0 Å². The maximum Gasteiger partial charge on any atom is 0.416 e. The number of halogens is 3. The molecule has 132 valence electrons. The minimum Gasteiger partial charge on any atom is -0.395 e. The van der Waals surface area contributed by atoms with E-state index in [1.54, 1.807) is 12.4 Å². The van der Waals surface area contributed by atoms with E-state index in [1.165, 1.54) is 12.1 Å². The molecule has 6 nitrogen and oxygen atoms in total. The lowest BCUT2D eigenvalue weighted by atomic mass is 10.1. The number of hydrogen-bond donors (Lipinski definition) is 4. The van der Waals surface area contributed by atoms with Gasteiger partial charge in [0.1, 0.15) is 11.6 Å². The fourth-order valence-electron chi connectivity index (χ4n) is 2.40. The molecule has 1 aromatic heterocycles. The van der Waals surface area contributed by atoms with Gasteiger partial charge in [-0.25, -0.2) is 9.98 Å². The molecule has 2 aromatic rings. The lowest BCUT2D eigenvalue weighted by Gasteiger charge is -2.19. The third-order valence-corrected chi connectivity index (χ3v) is 3.55. The molecule has 0 amide bonds. The highest BCUT2D eigenvalue weighted by Crippen LogP contribution is 2.34. The Labute approximate surface area is 141 Å². The fraction of sp³-hybridized carbons (Fsp3) is 0.250. The standard InChI is InChI=1S/C16H16F3N5O/c17-16(18,19)10-2-1-3-11(6-10)23-15-12-8-20-9-22-13(12)7-14(24-15)21-4-5-25/h1-3,6-7,9,25H,4-5,8H2,(H,20,22)(H2,21,23,24). The molecule has 0 fully saturated rings. The topological polar surface area (TPSA) is 81.6 Å². The second-order valence-corrected chi connectivity index (χ2v) is 5.35. The molecule has 0 radical (unpaired) electrons. The molecule has 0 aliphatic carbocycles. The Morgan fingerprint density at radius 1 is 1.24 bits per heavy atom. The fourth-order valence-corrected chi connectivity index (χ4v) is 2.40. The molecule has 1 aliphatic heterocycles. The molecule has 0 spiro atoms. The van der Waals surface area contributed by atoms with E-state index in [0.717, 1.165) is 17.7 Å². The minimum atomic E-state index is -4.42. The van der Waals surface area contributed by atoms with Crippen LogP contribution in [0.2, 0.25) is 0 Å². The predicted octanol–water partition coefficient (Wildman–Crippen LogP) is 3.01. The van der Waals surface area contributed by atoms with E-state index < -0.39 is 11.7 Å². The van der Waals surface area contributed by atoms with E-state index in [1.807, 2.05) is 0 Å². The van der Waals surface area contributed by atoms with Crippen molar-refractivity contribution in [1.29, 1.82) is 0 Å². The lowest BCUT2D eigenvalue weighted by molar-refractivity contribution is -0.137. The van der Waals surface area contributed by atoms with Gasteiger partial charge >= 0.3 is 6.18 Å². The average molecular weight is 351 g/mol. The summed E-state index contributed by atoms with van der Waals surface area (Å²) in [4.78, 5) is 8.60. The third kappa shape index (κ3) is 4.00. The number of aliphatic hydroxyl groups is 1. The van der Waals surface area contributed by atoms with Gasteiger partial charge in [0.15, 0.2) is 0 Å². The Morgan fingerprint density at radius 2 is 2.08 bits per heavy atom. The normalized spacial score (nSPS) is 13.1. The van der Waals surface area contributed by atoms with Gasteiger partial charge in [-0.05, 0) is 18.2 Å². The maximum absolute atomic E-state index is 12.9. The van der Waals surface area contributed by atoms with Crippen LogP contribution >= 0.6 is 0 Å².